The van der Waals surface area contributed by atoms with Gasteiger partial charge in [0, 0.05) is 24.5 Å². The lowest BCUT2D eigenvalue weighted by Gasteiger charge is -2.32. The number of nitrogens with one attached hydrogen (secondary N) is 1. The van der Waals surface area contributed by atoms with E-state index in [0.717, 1.165) is 5.56 Å². The number of rotatable bonds is 2. The summed E-state index contributed by atoms with van der Waals surface area (Å²) in [7, 11) is 0. The lowest BCUT2D eigenvalue weighted by molar-refractivity contribution is -0.0232. The van der Waals surface area contributed by atoms with Crippen LogP contribution in [0.15, 0.2) is 53.6 Å². The zero-order valence-electron chi connectivity index (χ0n) is 13.4. The van der Waals surface area contributed by atoms with Crippen LogP contribution in [0, 0.1) is 0 Å². The summed E-state index contributed by atoms with van der Waals surface area (Å²) in [5.41, 5.74) is 1.53. The highest BCUT2D eigenvalue weighted by Gasteiger charge is 2.28. The van der Waals surface area contributed by atoms with E-state index >= 15 is 0 Å². The zero-order chi connectivity index (χ0) is 17.2. The maximum absolute atomic E-state index is 12.8. The number of carbonyl (C=O) groups is 1. The predicted molar refractivity (Wildman–Crippen MR) is 91.2 cm³/mol. The van der Waals surface area contributed by atoms with Crippen molar-refractivity contribution in [1.82, 2.24) is 19.9 Å². The third kappa shape index (κ3) is 3.01. The number of morpholine rings is 1. The second kappa shape index (κ2) is 6.45. The van der Waals surface area contributed by atoms with Gasteiger partial charge in [-0.25, -0.2) is 4.98 Å². The Morgan fingerprint density at radius 2 is 2.12 bits per heavy atom. The van der Waals surface area contributed by atoms with Crippen molar-refractivity contribution in [2.45, 2.75) is 6.10 Å². The molecule has 1 aliphatic rings. The molecule has 0 bridgehead atoms. The van der Waals surface area contributed by atoms with E-state index in [2.05, 4.69) is 15.0 Å². The Balaban J connectivity index is 1.62. The van der Waals surface area contributed by atoms with Gasteiger partial charge in [0.2, 0.25) is 0 Å². The van der Waals surface area contributed by atoms with Crippen molar-refractivity contribution in [1.29, 1.82) is 0 Å². The number of amides is 1. The lowest BCUT2D eigenvalue weighted by atomic mass is 10.1. The van der Waals surface area contributed by atoms with E-state index in [1.54, 1.807) is 29.4 Å². The number of fused-ring (bicyclic) bond motifs is 1. The van der Waals surface area contributed by atoms with Crippen LogP contribution in [0.25, 0.3) is 11.0 Å². The minimum Gasteiger partial charge on any atom is -0.370 e. The van der Waals surface area contributed by atoms with Crippen molar-refractivity contribution in [3.63, 3.8) is 0 Å². The minimum atomic E-state index is -0.479. The molecule has 1 saturated heterocycles. The van der Waals surface area contributed by atoms with Gasteiger partial charge in [0.1, 0.15) is 6.10 Å². The molecule has 7 heteroatoms. The van der Waals surface area contributed by atoms with Crippen LogP contribution in [0.3, 0.4) is 0 Å². The molecule has 2 aromatic heterocycles. The van der Waals surface area contributed by atoms with Crippen molar-refractivity contribution in [2.75, 3.05) is 19.7 Å². The normalized spacial score (nSPS) is 17.6. The van der Waals surface area contributed by atoms with Crippen molar-refractivity contribution in [3.05, 3.63) is 70.4 Å². The third-order valence-electron chi connectivity index (χ3n) is 4.21. The third-order valence-corrected chi connectivity index (χ3v) is 4.21. The molecule has 3 aromatic rings. The summed E-state index contributed by atoms with van der Waals surface area (Å²) in [6.07, 6.45) is 3.15. The van der Waals surface area contributed by atoms with Crippen LogP contribution in [0.2, 0.25) is 0 Å². The number of nitrogens with zero attached hydrogens (tertiary/aromatic N) is 3. The molecule has 126 valence electrons. The number of hydrogen-bond donors (Lipinski definition) is 1. The van der Waals surface area contributed by atoms with Crippen LogP contribution in [0.4, 0.5) is 0 Å². The Morgan fingerprint density at radius 3 is 2.96 bits per heavy atom. The van der Waals surface area contributed by atoms with Gasteiger partial charge in [0.15, 0.2) is 5.69 Å². The molecule has 0 unspecified atom stereocenters. The van der Waals surface area contributed by atoms with Crippen molar-refractivity contribution in [2.24, 2.45) is 0 Å². The van der Waals surface area contributed by atoms with Crippen molar-refractivity contribution >= 4 is 16.9 Å². The second-order valence-corrected chi connectivity index (χ2v) is 5.83. The number of ether oxygens (including phenoxy) is 1. The SMILES string of the molecule is O=C(c1nc2ccccc2[nH]c1=O)N1CCO[C@H](c2cccnc2)C1. The smallest absolute Gasteiger partial charge is 0.280 e. The number of aromatic amines is 1. The molecule has 3 heterocycles. The van der Waals surface area contributed by atoms with Gasteiger partial charge in [0.05, 0.1) is 24.2 Å². The van der Waals surface area contributed by atoms with Gasteiger partial charge >= 0.3 is 0 Å². The van der Waals surface area contributed by atoms with E-state index in [4.69, 9.17) is 4.74 Å². The summed E-state index contributed by atoms with van der Waals surface area (Å²) in [5.74, 6) is -0.385. The number of para-hydroxylation sites is 2. The van der Waals surface area contributed by atoms with Gasteiger partial charge in [-0.15, -0.1) is 0 Å². The van der Waals surface area contributed by atoms with Gasteiger partial charge in [-0.05, 0) is 18.2 Å². The summed E-state index contributed by atoms with van der Waals surface area (Å²) in [4.78, 5) is 37.7. The molecular formula is C18H16N4O3. The molecule has 1 amide bonds. The van der Waals surface area contributed by atoms with Gasteiger partial charge in [-0.2, -0.15) is 0 Å². The highest BCUT2D eigenvalue weighted by Crippen LogP contribution is 2.22. The van der Waals surface area contributed by atoms with E-state index < -0.39 is 5.56 Å². The van der Waals surface area contributed by atoms with E-state index in [9.17, 15) is 9.59 Å². The first-order valence-corrected chi connectivity index (χ1v) is 8.02. The molecule has 7 nitrogen and oxygen atoms in total. The van der Waals surface area contributed by atoms with Crippen LogP contribution < -0.4 is 5.56 Å². The molecule has 1 aliphatic heterocycles. The van der Waals surface area contributed by atoms with Crippen molar-refractivity contribution in [3.8, 4) is 0 Å². The van der Waals surface area contributed by atoms with Gasteiger partial charge < -0.3 is 14.6 Å². The van der Waals surface area contributed by atoms with E-state index in [1.807, 2.05) is 24.3 Å². The number of carbonyl (C=O) groups excluding carboxylic acids is 1. The van der Waals surface area contributed by atoms with Crippen LogP contribution in [-0.2, 0) is 4.74 Å². The summed E-state index contributed by atoms with van der Waals surface area (Å²) >= 11 is 0. The number of aromatic nitrogens is 3. The second-order valence-electron chi connectivity index (χ2n) is 5.83. The first-order valence-electron chi connectivity index (χ1n) is 8.02. The molecule has 1 aromatic carbocycles. The summed E-state index contributed by atoms with van der Waals surface area (Å²) < 4.78 is 5.74. The average molecular weight is 336 g/mol. The van der Waals surface area contributed by atoms with E-state index in [0.29, 0.717) is 30.7 Å². The lowest BCUT2D eigenvalue weighted by Crippen LogP contribution is -2.44. The molecule has 1 N–H and O–H groups in total. The highest BCUT2D eigenvalue weighted by molar-refractivity contribution is 5.93. The fraction of sp³-hybridized carbons (Fsp3) is 0.222. The maximum Gasteiger partial charge on any atom is 0.280 e. The summed E-state index contributed by atoms with van der Waals surface area (Å²) in [6.45, 7) is 1.18. The average Bonchev–Trinajstić information content (AvgIpc) is 2.68. The van der Waals surface area contributed by atoms with E-state index in [-0.39, 0.29) is 17.7 Å². The molecule has 0 spiro atoms. The topological polar surface area (TPSA) is 88.2 Å². The quantitative estimate of drug-likeness (QED) is 0.767. The summed E-state index contributed by atoms with van der Waals surface area (Å²) in [5, 5.41) is 0. The maximum atomic E-state index is 12.8. The molecule has 0 aliphatic carbocycles. The standard InChI is InChI=1S/C18H16N4O3/c23-17-16(20-13-5-1-2-6-14(13)21-17)18(24)22-8-9-25-15(11-22)12-4-3-7-19-10-12/h1-7,10,15H,8-9,11H2,(H,21,23)/t15-/m0/s1. The number of benzene rings is 1. The van der Waals surface area contributed by atoms with Gasteiger partial charge in [-0.1, -0.05) is 18.2 Å². The largest absolute Gasteiger partial charge is 0.370 e. The monoisotopic (exact) mass is 336 g/mol. The predicted octanol–water partition coefficient (Wildman–Crippen LogP) is 1.53. The molecular weight excluding hydrogens is 320 g/mol. The number of hydrogen-bond acceptors (Lipinski definition) is 5. The minimum absolute atomic E-state index is 0.0921. The van der Waals surface area contributed by atoms with E-state index in [1.165, 1.54) is 0 Å². The Hall–Kier alpha value is -3.06. The Kier molecular flexibility index (Phi) is 3.99. The molecule has 4 rings (SSSR count). The number of H-pyrrole nitrogens is 1. The zero-order valence-corrected chi connectivity index (χ0v) is 13.4. The molecule has 1 atom stereocenters. The van der Waals surface area contributed by atoms with Crippen LogP contribution in [0.5, 0.6) is 0 Å². The fourth-order valence-corrected chi connectivity index (χ4v) is 2.93. The molecule has 0 radical (unpaired) electrons. The van der Waals surface area contributed by atoms with Crippen LogP contribution in [-0.4, -0.2) is 45.5 Å². The van der Waals surface area contributed by atoms with Gasteiger partial charge in [-0.3, -0.25) is 14.6 Å². The summed E-state index contributed by atoms with van der Waals surface area (Å²) in [6, 6.07) is 10.9. The fourth-order valence-electron chi connectivity index (χ4n) is 2.93. The first kappa shape index (κ1) is 15.5. The Labute approximate surface area is 143 Å². The Bertz CT molecular complexity index is 971. The van der Waals surface area contributed by atoms with Crippen LogP contribution >= 0.6 is 0 Å². The van der Waals surface area contributed by atoms with Crippen LogP contribution in [0.1, 0.15) is 22.2 Å². The van der Waals surface area contributed by atoms with Crippen molar-refractivity contribution < 1.29 is 9.53 Å². The number of pyridine rings is 1. The first-order chi connectivity index (χ1) is 12.2. The molecule has 0 saturated carbocycles. The highest BCUT2D eigenvalue weighted by atomic mass is 16.5. The molecule has 1 fully saturated rings. The Morgan fingerprint density at radius 1 is 1.24 bits per heavy atom. The van der Waals surface area contributed by atoms with Gasteiger partial charge in [0.25, 0.3) is 11.5 Å². The molecule has 25 heavy (non-hydrogen) atoms.